The van der Waals surface area contributed by atoms with E-state index in [2.05, 4.69) is 21.9 Å². The first kappa shape index (κ1) is 40.2. The van der Waals surface area contributed by atoms with Gasteiger partial charge in [0, 0.05) is 18.4 Å². The van der Waals surface area contributed by atoms with Crippen LogP contribution in [0.3, 0.4) is 0 Å². The van der Waals surface area contributed by atoms with Crippen LogP contribution < -0.4 is 24.8 Å². The van der Waals surface area contributed by atoms with E-state index in [0.717, 1.165) is 32.1 Å². The second kappa shape index (κ2) is 16.3. The molecule has 3 heterocycles. The number of aryl methyl sites for hydroxylation is 1. The van der Waals surface area contributed by atoms with Crippen LogP contribution in [0, 0.1) is 17.3 Å². The average Bonchev–Trinajstić information content (AvgIpc) is 4.07. The number of rotatable bonds is 9. The molecule has 2 aliphatic carbocycles. The molecule has 2 aliphatic heterocycles. The molecule has 6 rings (SSSR count). The molecule has 16 heteroatoms. The summed E-state index contributed by atoms with van der Waals surface area (Å²) in [6.07, 6.45) is 6.08. The normalized spacial score (nSPS) is 26.1. The van der Waals surface area contributed by atoms with Gasteiger partial charge in [0.15, 0.2) is 0 Å². The molecule has 1 aromatic carbocycles. The summed E-state index contributed by atoms with van der Waals surface area (Å²) in [5, 5.41) is 4.90. The largest absolute Gasteiger partial charge is 0.497 e. The summed E-state index contributed by atoms with van der Waals surface area (Å²) < 4.78 is 45.4. The lowest BCUT2D eigenvalue weighted by atomic mass is 9.85. The topological polar surface area (TPSA) is 195 Å². The maximum atomic E-state index is 14.6. The number of aromatic nitrogens is 2. The van der Waals surface area contributed by atoms with Crippen LogP contribution in [0.2, 0.25) is 0 Å². The number of ether oxygens (including phenoxy) is 3. The number of carbonyl (C=O) groups excluding carboxylic acids is 4. The molecule has 4 aliphatic rings. The molecule has 7 atom stereocenters. The van der Waals surface area contributed by atoms with Gasteiger partial charge in [-0.05, 0) is 68.4 Å². The number of amides is 4. The number of methoxy groups -OCH3 is 1. The average molecular weight is 783 g/mol. The van der Waals surface area contributed by atoms with Crippen LogP contribution in [0.5, 0.6) is 11.6 Å². The van der Waals surface area contributed by atoms with Gasteiger partial charge in [-0.1, -0.05) is 46.6 Å². The fourth-order valence-electron chi connectivity index (χ4n) is 7.44. The summed E-state index contributed by atoms with van der Waals surface area (Å²) >= 11 is 0. The Balaban J connectivity index is 1.35. The Hall–Kier alpha value is -4.47. The number of carbonyl (C=O) groups is 4. The Labute approximate surface area is 322 Å². The Morgan fingerprint density at radius 3 is 2.53 bits per heavy atom. The highest BCUT2D eigenvalue weighted by Gasteiger charge is 2.48. The third-order valence-corrected chi connectivity index (χ3v) is 12.8. The van der Waals surface area contributed by atoms with E-state index >= 15 is 0 Å². The molecule has 2 saturated carbocycles. The number of alkyl carbamates (subject to hydrolysis) is 1. The molecule has 2 bridgehead atoms. The van der Waals surface area contributed by atoms with Gasteiger partial charge in [0.05, 0.1) is 29.9 Å². The fourth-order valence-corrected chi connectivity index (χ4v) is 8.77. The van der Waals surface area contributed by atoms with E-state index < -0.39 is 74.7 Å². The number of hydrogen-bond donors (Lipinski definition) is 3. The third kappa shape index (κ3) is 9.50. The first-order chi connectivity index (χ1) is 26.1. The van der Waals surface area contributed by atoms with E-state index in [-0.39, 0.29) is 30.9 Å². The molecule has 0 unspecified atom stereocenters. The molecule has 1 saturated heterocycles. The number of hydrogen-bond acceptors (Lipinski definition) is 11. The number of fused-ring (bicyclic) bond motifs is 5. The van der Waals surface area contributed by atoms with Crippen molar-refractivity contribution in [3.05, 3.63) is 36.5 Å². The van der Waals surface area contributed by atoms with Crippen molar-refractivity contribution in [3.8, 4) is 11.6 Å². The third-order valence-electron chi connectivity index (χ3n) is 11.0. The number of nitrogens with zero attached hydrogens (tertiary/aromatic N) is 3. The van der Waals surface area contributed by atoms with Gasteiger partial charge in [-0.25, -0.2) is 23.2 Å². The Morgan fingerprint density at radius 1 is 1.09 bits per heavy atom. The molecule has 2 aromatic rings. The zero-order chi connectivity index (χ0) is 39.7. The minimum atomic E-state index is -3.92. The highest BCUT2D eigenvalue weighted by Crippen LogP contribution is 2.39. The maximum absolute atomic E-state index is 14.6. The number of benzene rings is 1. The van der Waals surface area contributed by atoms with Gasteiger partial charge in [0.25, 0.3) is 5.91 Å². The molecule has 3 fully saturated rings. The SMILES string of the molecule is C=C[C@@H](CC)[C@H](NC(=O)[C@@H]1C[C@@H]2CN1C(=O)[C@H](C(C)(C)C)NC(=O)O[C@@H]1C[C@H]1CCCCCc1nc3ccc(OC)cc3nc1O2)C(=O)NS(=O)(=O)C1CC1. The van der Waals surface area contributed by atoms with E-state index in [9.17, 15) is 27.6 Å². The lowest BCUT2D eigenvalue weighted by molar-refractivity contribution is -0.142. The molecule has 3 N–H and O–H groups in total. The molecule has 15 nitrogen and oxygen atoms in total. The van der Waals surface area contributed by atoms with Gasteiger partial charge in [0.1, 0.15) is 41.8 Å². The quantitative estimate of drug-likeness (QED) is 0.312. The van der Waals surface area contributed by atoms with Gasteiger partial charge in [-0.15, -0.1) is 6.58 Å². The highest BCUT2D eigenvalue weighted by atomic mass is 32.2. The zero-order valence-corrected chi connectivity index (χ0v) is 33.2. The van der Waals surface area contributed by atoms with Crippen molar-refractivity contribution in [2.45, 2.75) is 127 Å². The standard InChI is InChI=1S/C39H54N6O9S/c1-7-22(8-2)32(35(47)44-55(50,51)26-15-16-26)42-34(46)30-20-25-21-45(30)37(48)33(39(3,4)5)43-38(49)54-31-18-23(31)12-10-9-11-13-28-36(53-25)41-29-19-24(52-6)14-17-27(29)40-28/h7,14,17,19,22-23,25-26,30-33H,1,8-13,15-16,18,20-21H2,2-6H3,(H,42,46)(H,43,49)(H,44,47)/t22-,23+,25+,30-,31+,32-,33+/m0/s1. The monoisotopic (exact) mass is 782 g/mol. The van der Waals surface area contributed by atoms with Gasteiger partial charge < -0.3 is 29.7 Å². The Morgan fingerprint density at radius 2 is 1.85 bits per heavy atom. The van der Waals surface area contributed by atoms with Crippen LogP contribution in [-0.4, -0.2) is 96.3 Å². The van der Waals surface area contributed by atoms with Crippen LogP contribution in [0.1, 0.15) is 91.2 Å². The predicted molar refractivity (Wildman–Crippen MR) is 204 cm³/mol. The van der Waals surface area contributed by atoms with Crippen LogP contribution in [-0.2, 0) is 35.6 Å². The van der Waals surface area contributed by atoms with Crippen molar-refractivity contribution in [3.63, 3.8) is 0 Å². The van der Waals surface area contributed by atoms with Gasteiger partial charge >= 0.3 is 6.09 Å². The summed E-state index contributed by atoms with van der Waals surface area (Å²) in [5.74, 6) is -1.57. The Bertz CT molecular complexity index is 1910. The van der Waals surface area contributed by atoms with Crippen LogP contribution in [0.4, 0.5) is 4.79 Å². The molecule has 0 spiro atoms. The Kier molecular flexibility index (Phi) is 11.9. The van der Waals surface area contributed by atoms with Crippen LogP contribution in [0.25, 0.3) is 11.0 Å². The van der Waals surface area contributed by atoms with Crippen molar-refractivity contribution in [1.29, 1.82) is 0 Å². The smallest absolute Gasteiger partial charge is 0.408 e. The van der Waals surface area contributed by atoms with Gasteiger partial charge in [-0.2, -0.15) is 0 Å². The molecular weight excluding hydrogens is 729 g/mol. The lowest BCUT2D eigenvalue weighted by Gasteiger charge is -2.35. The summed E-state index contributed by atoms with van der Waals surface area (Å²) in [6, 6.07) is 1.88. The van der Waals surface area contributed by atoms with Crippen molar-refractivity contribution >= 4 is 44.9 Å². The summed E-state index contributed by atoms with van der Waals surface area (Å²) in [7, 11) is -2.35. The second-order valence-corrected chi connectivity index (χ2v) is 18.3. The summed E-state index contributed by atoms with van der Waals surface area (Å²) in [5.41, 5.74) is 1.09. The van der Waals surface area contributed by atoms with E-state index in [1.54, 1.807) is 20.1 Å². The first-order valence-corrected chi connectivity index (χ1v) is 20.9. The summed E-state index contributed by atoms with van der Waals surface area (Å²) in [6.45, 7) is 11.0. The molecule has 55 heavy (non-hydrogen) atoms. The second-order valence-electron chi connectivity index (χ2n) is 16.3. The predicted octanol–water partition coefficient (Wildman–Crippen LogP) is 3.94. The van der Waals surface area contributed by atoms with Crippen LogP contribution >= 0.6 is 0 Å². The van der Waals surface area contributed by atoms with Gasteiger partial charge in [0.2, 0.25) is 27.7 Å². The van der Waals surface area contributed by atoms with E-state index in [4.69, 9.17) is 24.2 Å². The molecular formula is C39H54N6O9S. The minimum absolute atomic E-state index is 0.0134. The fraction of sp³-hybridized carbons (Fsp3) is 0.641. The van der Waals surface area contributed by atoms with Crippen molar-refractivity contribution < 1.29 is 41.8 Å². The molecule has 0 radical (unpaired) electrons. The van der Waals surface area contributed by atoms with Gasteiger partial charge in [-0.3, -0.25) is 19.1 Å². The van der Waals surface area contributed by atoms with Crippen LogP contribution in [0.15, 0.2) is 30.9 Å². The molecule has 4 amide bonds. The van der Waals surface area contributed by atoms with E-state index in [0.29, 0.717) is 48.2 Å². The first-order valence-electron chi connectivity index (χ1n) is 19.4. The zero-order valence-electron chi connectivity index (χ0n) is 32.3. The van der Waals surface area contributed by atoms with Crippen molar-refractivity contribution in [2.75, 3.05) is 13.7 Å². The van der Waals surface area contributed by atoms with Crippen molar-refractivity contribution in [2.24, 2.45) is 17.3 Å². The number of sulfonamides is 1. The number of nitrogens with one attached hydrogen (secondary N) is 3. The highest BCUT2D eigenvalue weighted by molar-refractivity contribution is 7.90. The molecule has 1 aromatic heterocycles. The maximum Gasteiger partial charge on any atom is 0.408 e. The lowest BCUT2D eigenvalue weighted by Crippen LogP contribution is -2.60. The summed E-state index contributed by atoms with van der Waals surface area (Å²) in [4.78, 5) is 66.9. The van der Waals surface area contributed by atoms with Crippen molar-refractivity contribution in [1.82, 2.24) is 30.2 Å². The van der Waals surface area contributed by atoms with E-state index in [1.807, 2.05) is 32.9 Å². The van der Waals surface area contributed by atoms with E-state index in [1.165, 1.54) is 11.0 Å². The molecule has 300 valence electrons. The minimum Gasteiger partial charge on any atom is -0.497 e.